The van der Waals surface area contributed by atoms with Crippen molar-refractivity contribution in [3.63, 3.8) is 0 Å². The first kappa shape index (κ1) is 14.0. The molecular weight excluding hydrogens is 282 g/mol. The molecular formula is C15H15N5O2. The SMILES string of the molecule is Cc1nc(C)n(-c2ncc(NC(=O)c3ccoc3)cn2)c1C. The zero-order valence-corrected chi connectivity index (χ0v) is 12.5. The maximum atomic E-state index is 11.9. The molecule has 0 atom stereocenters. The van der Waals surface area contributed by atoms with Gasteiger partial charge in [-0.3, -0.25) is 9.36 Å². The summed E-state index contributed by atoms with van der Waals surface area (Å²) in [6.45, 7) is 5.81. The summed E-state index contributed by atoms with van der Waals surface area (Å²) in [4.78, 5) is 24.9. The van der Waals surface area contributed by atoms with Gasteiger partial charge in [0, 0.05) is 5.69 Å². The van der Waals surface area contributed by atoms with Gasteiger partial charge in [-0.15, -0.1) is 0 Å². The van der Waals surface area contributed by atoms with Crippen molar-refractivity contribution in [1.82, 2.24) is 19.5 Å². The second-order valence-electron chi connectivity index (χ2n) is 4.90. The third kappa shape index (κ3) is 2.48. The minimum Gasteiger partial charge on any atom is -0.472 e. The Hall–Kier alpha value is -2.96. The maximum absolute atomic E-state index is 11.9. The molecule has 7 heteroatoms. The smallest absolute Gasteiger partial charge is 0.258 e. The fourth-order valence-electron chi connectivity index (χ4n) is 2.17. The predicted molar refractivity (Wildman–Crippen MR) is 80.0 cm³/mol. The predicted octanol–water partition coefficient (Wildman–Crippen LogP) is 2.43. The molecule has 0 saturated heterocycles. The quantitative estimate of drug-likeness (QED) is 0.802. The summed E-state index contributed by atoms with van der Waals surface area (Å²) in [7, 11) is 0. The third-order valence-electron chi connectivity index (χ3n) is 3.39. The number of nitrogens with one attached hydrogen (secondary N) is 1. The molecule has 3 aromatic heterocycles. The first-order valence-corrected chi connectivity index (χ1v) is 6.75. The third-order valence-corrected chi connectivity index (χ3v) is 3.39. The van der Waals surface area contributed by atoms with Crippen LogP contribution in [0.15, 0.2) is 35.4 Å². The minimum atomic E-state index is -0.268. The average Bonchev–Trinajstić information content (AvgIpc) is 3.10. The summed E-state index contributed by atoms with van der Waals surface area (Å²) in [5, 5.41) is 2.71. The summed E-state index contributed by atoms with van der Waals surface area (Å²) < 4.78 is 6.75. The van der Waals surface area contributed by atoms with Gasteiger partial charge < -0.3 is 9.73 Å². The lowest BCUT2D eigenvalue weighted by Crippen LogP contribution is -2.12. The molecule has 3 rings (SSSR count). The first-order chi connectivity index (χ1) is 10.6. The van der Waals surface area contributed by atoms with Crippen molar-refractivity contribution in [2.24, 2.45) is 0 Å². The Balaban J connectivity index is 1.82. The Labute approximate surface area is 127 Å². The Morgan fingerprint density at radius 2 is 1.95 bits per heavy atom. The van der Waals surface area contributed by atoms with Crippen molar-refractivity contribution < 1.29 is 9.21 Å². The molecule has 0 fully saturated rings. The molecule has 0 unspecified atom stereocenters. The van der Waals surface area contributed by atoms with Crippen LogP contribution in [-0.4, -0.2) is 25.4 Å². The zero-order chi connectivity index (χ0) is 15.7. The molecule has 1 N–H and O–H groups in total. The number of hydrogen-bond donors (Lipinski definition) is 1. The zero-order valence-electron chi connectivity index (χ0n) is 12.5. The molecule has 0 radical (unpaired) electrons. The first-order valence-electron chi connectivity index (χ1n) is 6.75. The Kier molecular flexibility index (Phi) is 3.46. The van der Waals surface area contributed by atoms with Gasteiger partial charge in [-0.1, -0.05) is 0 Å². The van der Waals surface area contributed by atoms with Crippen LogP contribution in [-0.2, 0) is 0 Å². The van der Waals surface area contributed by atoms with Gasteiger partial charge in [0.15, 0.2) is 0 Å². The number of rotatable bonds is 3. The van der Waals surface area contributed by atoms with Crippen LogP contribution in [0.25, 0.3) is 5.95 Å². The van der Waals surface area contributed by atoms with Crippen LogP contribution < -0.4 is 5.32 Å². The number of aromatic nitrogens is 4. The molecule has 22 heavy (non-hydrogen) atoms. The van der Waals surface area contributed by atoms with Crippen molar-refractivity contribution in [1.29, 1.82) is 0 Å². The number of amides is 1. The Morgan fingerprint density at radius 1 is 1.23 bits per heavy atom. The molecule has 7 nitrogen and oxygen atoms in total. The van der Waals surface area contributed by atoms with Crippen LogP contribution in [0.1, 0.15) is 27.6 Å². The van der Waals surface area contributed by atoms with Gasteiger partial charge in [-0.05, 0) is 26.8 Å². The van der Waals surface area contributed by atoms with Crippen LogP contribution in [0.5, 0.6) is 0 Å². The average molecular weight is 297 g/mol. The molecule has 0 bridgehead atoms. The van der Waals surface area contributed by atoms with E-state index in [1.807, 2.05) is 25.3 Å². The van der Waals surface area contributed by atoms with Crippen LogP contribution >= 0.6 is 0 Å². The van der Waals surface area contributed by atoms with E-state index in [1.54, 1.807) is 18.5 Å². The summed E-state index contributed by atoms with van der Waals surface area (Å²) in [6.07, 6.45) is 5.95. The van der Waals surface area contributed by atoms with E-state index in [1.165, 1.54) is 12.5 Å². The molecule has 0 aromatic carbocycles. The molecule has 3 aromatic rings. The van der Waals surface area contributed by atoms with E-state index in [9.17, 15) is 4.79 Å². The van der Waals surface area contributed by atoms with Gasteiger partial charge in [0.2, 0.25) is 5.95 Å². The van der Waals surface area contributed by atoms with Crippen LogP contribution in [0, 0.1) is 20.8 Å². The van der Waals surface area contributed by atoms with E-state index in [2.05, 4.69) is 20.3 Å². The number of imidazole rings is 1. The van der Waals surface area contributed by atoms with E-state index in [0.717, 1.165) is 17.2 Å². The fraction of sp³-hybridized carbons (Fsp3) is 0.200. The lowest BCUT2D eigenvalue weighted by Gasteiger charge is -2.07. The summed E-state index contributed by atoms with van der Waals surface area (Å²) in [5.74, 6) is 1.08. The Morgan fingerprint density at radius 3 is 2.50 bits per heavy atom. The monoisotopic (exact) mass is 297 g/mol. The summed E-state index contributed by atoms with van der Waals surface area (Å²) >= 11 is 0. The van der Waals surface area contributed by atoms with Crippen molar-refractivity contribution in [3.8, 4) is 5.95 Å². The molecule has 1 amide bonds. The fourth-order valence-corrected chi connectivity index (χ4v) is 2.17. The number of nitrogens with zero attached hydrogens (tertiary/aromatic N) is 4. The summed E-state index contributed by atoms with van der Waals surface area (Å²) in [5.41, 5.74) is 2.90. The molecule has 3 heterocycles. The van der Waals surface area contributed by atoms with Gasteiger partial charge in [0.25, 0.3) is 5.91 Å². The van der Waals surface area contributed by atoms with Crippen LogP contribution in [0.3, 0.4) is 0 Å². The van der Waals surface area contributed by atoms with Crippen molar-refractivity contribution in [3.05, 3.63) is 53.8 Å². The van der Waals surface area contributed by atoms with Gasteiger partial charge in [0.05, 0.1) is 35.6 Å². The molecule has 0 spiro atoms. The lowest BCUT2D eigenvalue weighted by molar-refractivity contribution is 0.102. The van der Waals surface area contributed by atoms with E-state index in [-0.39, 0.29) is 5.91 Å². The van der Waals surface area contributed by atoms with Crippen molar-refractivity contribution in [2.75, 3.05) is 5.32 Å². The summed E-state index contributed by atoms with van der Waals surface area (Å²) in [6, 6.07) is 1.59. The van der Waals surface area contributed by atoms with E-state index in [0.29, 0.717) is 17.2 Å². The highest BCUT2D eigenvalue weighted by atomic mass is 16.3. The standard InChI is InChI=1S/C15H15N5O2/c1-9-10(2)20(11(3)18-9)15-16-6-13(7-17-15)19-14(21)12-4-5-22-8-12/h4-8H,1-3H3,(H,19,21). The number of furan rings is 1. The second-order valence-corrected chi connectivity index (χ2v) is 4.90. The topological polar surface area (TPSA) is 85.8 Å². The van der Waals surface area contributed by atoms with Crippen LogP contribution in [0.4, 0.5) is 5.69 Å². The second kappa shape index (κ2) is 5.44. The van der Waals surface area contributed by atoms with Gasteiger partial charge in [0.1, 0.15) is 12.1 Å². The molecule has 0 aliphatic carbocycles. The molecule has 0 aliphatic heterocycles. The van der Waals surface area contributed by atoms with Gasteiger partial charge >= 0.3 is 0 Å². The van der Waals surface area contributed by atoms with Crippen LogP contribution in [0.2, 0.25) is 0 Å². The van der Waals surface area contributed by atoms with Crippen molar-refractivity contribution >= 4 is 11.6 Å². The van der Waals surface area contributed by atoms with Gasteiger partial charge in [-0.25, -0.2) is 15.0 Å². The number of aryl methyl sites for hydroxylation is 2. The molecule has 0 saturated carbocycles. The largest absolute Gasteiger partial charge is 0.472 e. The number of carbonyl (C=O) groups is 1. The lowest BCUT2D eigenvalue weighted by atomic mass is 10.3. The van der Waals surface area contributed by atoms with E-state index in [4.69, 9.17) is 4.42 Å². The Bertz CT molecular complexity index is 803. The highest BCUT2D eigenvalue weighted by Gasteiger charge is 2.12. The van der Waals surface area contributed by atoms with Gasteiger partial charge in [-0.2, -0.15) is 0 Å². The maximum Gasteiger partial charge on any atom is 0.258 e. The van der Waals surface area contributed by atoms with E-state index >= 15 is 0 Å². The number of hydrogen-bond acceptors (Lipinski definition) is 5. The number of carbonyl (C=O) groups excluding carboxylic acids is 1. The molecule has 0 aliphatic rings. The molecule has 112 valence electrons. The number of anilines is 1. The van der Waals surface area contributed by atoms with Crippen molar-refractivity contribution in [2.45, 2.75) is 20.8 Å². The van der Waals surface area contributed by atoms with E-state index < -0.39 is 0 Å². The minimum absolute atomic E-state index is 0.268. The highest BCUT2D eigenvalue weighted by molar-refractivity contribution is 6.03. The highest BCUT2D eigenvalue weighted by Crippen LogP contribution is 2.15. The normalized spacial score (nSPS) is 10.7.